The predicted molar refractivity (Wildman–Crippen MR) is 102 cm³/mol. The zero-order chi connectivity index (χ0) is 19.6. The highest BCUT2D eigenvalue weighted by molar-refractivity contribution is 5.79. The van der Waals surface area contributed by atoms with Crippen LogP contribution in [0.2, 0.25) is 0 Å². The summed E-state index contributed by atoms with van der Waals surface area (Å²) in [6.07, 6.45) is 0. The van der Waals surface area contributed by atoms with Crippen LogP contribution in [0.5, 0.6) is 0 Å². The third kappa shape index (κ3) is 4.30. The van der Waals surface area contributed by atoms with Gasteiger partial charge in [0.05, 0.1) is 24.1 Å². The number of H-pyrrole nitrogens is 1. The van der Waals surface area contributed by atoms with Crippen LogP contribution in [0.1, 0.15) is 31.1 Å². The Morgan fingerprint density at radius 2 is 2.04 bits per heavy atom. The summed E-state index contributed by atoms with van der Waals surface area (Å²) < 4.78 is 1.56. The predicted octanol–water partition coefficient (Wildman–Crippen LogP) is 1.36. The second-order valence-corrected chi connectivity index (χ2v) is 7.17. The minimum atomic E-state index is -0.0760. The largest absolute Gasteiger partial charge is 0.340 e. The molecule has 1 amide bonds. The van der Waals surface area contributed by atoms with E-state index in [1.54, 1.807) is 16.6 Å². The van der Waals surface area contributed by atoms with Crippen LogP contribution in [-0.4, -0.2) is 66.0 Å². The number of imidazole rings is 1. The second kappa shape index (κ2) is 7.83. The van der Waals surface area contributed by atoms with E-state index in [2.05, 4.69) is 44.2 Å². The highest BCUT2D eigenvalue weighted by atomic mass is 16.2. The molecule has 0 aliphatic rings. The SMILES string of the molecule is Cc1cccc2[nH]c(CN(C)C(=O)Cn3nnnc3CN(C)C(C)C)nc12. The van der Waals surface area contributed by atoms with Crippen LogP contribution < -0.4 is 0 Å². The van der Waals surface area contributed by atoms with Crippen LogP contribution in [-0.2, 0) is 24.4 Å². The molecule has 2 heterocycles. The van der Waals surface area contributed by atoms with Crippen molar-refractivity contribution in [2.45, 2.75) is 46.4 Å². The van der Waals surface area contributed by atoms with Gasteiger partial charge in [-0.15, -0.1) is 5.10 Å². The molecule has 9 nitrogen and oxygen atoms in total. The Kier molecular flexibility index (Phi) is 5.50. The van der Waals surface area contributed by atoms with Gasteiger partial charge in [0.15, 0.2) is 5.82 Å². The molecule has 0 unspecified atom stereocenters. The number of carbonyl (C=O) groups excluding carboxylic acids is 1. The van der Waals surface area contributed by atoms with Gasteiger partial charge in [0.2, 0.25) is 5.91 Å². The van der Waals surface area contributed by atoms with Crippen LogP contribution in [0.3, 0.4) is 0 Å². The van der Waals surface area contributed by atoms with Crippen LogP contribution in [0, 0.1) is 6.92 Å². The minimum Gasteiger partial charge on any atom is -0.340 e. The molecule has 0 radical (unpaired) electrons. The van der Waals surface area contributed by atoms with E-state index in [4.69, 9.17) is 0 Å². The zero-order valence-corrected chi connectivity index (χ0v) is 16.5. The summed E-state index contributed by atoms with van der Waals surface area (Å²) in [7, 11) is 3.76. The molecule has 9 heteroatoms. The number of benzene rings is 1. The van der Waals surface area contributed by atoms with Crippen LogP contribution >= 0.6 is 0 Å². The number of likely N-dealkylation sites (N-methyl/N-ethyl adjacent to an activating group) is 1. The van der Waals surface area contributed by atoms with Gasteiger partial charge in [-0.2, -0.15) is 0 Å². The number of hydrogen-bond acceptors (Lipinski definition) is 6. The van der Waals surface area contributed by atoms with Crippen molar-refractivity contribution in [3.05, 3.63) is 35.4 Å². The second-order valence-electron chi connectivity index (χ2n) is 7.17. The first-order valence-corrected chi connectivity index (χ1v) is 8.98. The smallest absolute Gasteiger partial charge is 0.244 e. The molecule has 3 aromatic rings. The lowest BCUT2D eigenvalue weighted by molar-refractivity contribution is -0.131. The number of carbonyl (C=O) groups is 1. The van der Waals surface area contributed by atoms with Crippen molar-refractivity contribution >= 4 is 16.9 Å². The van der Waals surface area contributed by atoms with Crippen LogP contribution in [0.15, 0.2) is 18.2 Å². The van der Waals surface area contributed by atoms with Gasteiger partial charge in [0, 0.05) is 13.1 Å². The number of fused-ring (bicyclic) bond motifs is 1. The summed E-state index contributed by atoms with van der Waals surface area (Å²) in [5.41, 5.74) is 3.02. The Labute approximate surface area is 158 Å². The maximum absolute atomic E-state index is 12.6. The zero-order valence-electron chi connectivity index (χ0n) is 16.5. The fourth-order valence-electron chi connectivity index (χ4n) is 2.73. The van der Waals surface area contributed by atoms with Gasteiger partial charge < -0.3 is 9.88 Å². The lowest BCUT2D eigenvalue weighted by atomic mass is 10.2. The fourth-order valence-corrected chi connectivity index (χ4v) is 2.73. The normalized spacial score (nSPS) is 11.7. The Bertz CT molecular complexity index is 928. The molecule has 0 fully saturated rings. The fraction of sp³-hybridized carbons (Fsp3) is 0.500. The third-order valence-electron chi connectivity index (χ3n) is 4.74. The van der Waals surface area contributed by atoms with E-state index >= 15 is 0 Å². The first-order valence-electron chi connectivity index (χ1n) is 8.98. The molecule has 0 aliphatic carbocycles. The van der Waals surface area contributed by atoms with Gasteiger partial charge in [0.25, 0.3) is 0 Å². The standard InChI is InChI=1S/C18H26N8O/c1-12(2)24(4)10-16-21-22-23-26(16)11-17(27)25(5)9-15-19-14-8-6-7-13(3)18(14)20-15/h6-8,12H,9-11H2,1-5H3,(H,19,20). The first kappa shape index (κ1) is 19.0. The van der Waals surface area contributed by atoms with Crippen LogP contribution in [0.4, 0.5) is 0 Å². The Hall–Kier alpha value is -2.81. The molecule has 0 saturated heterocycles. The van der Waals surface area contributed by atoms with Gasteiger partial charge in [-0.25, -0.2) is 9.67 Å². The highest BCUT2D eigenvalue weighted by Crippen LogP contribution is 2.16. The molecular weight excluding hydrogens is 344 g/mol. The van der Waals surface area contributed by atoms with Gasteiger partial charge in [0.1, 0.15) is 12.4 Å². The molecule has 0 atom stereocenters. The number of nitrogens with zero attached hydrogens (tertiary/aromatic N) is 7. The summed E-state index contributed by atoms with van der Waals surface area (Å²) in [4.78, 5) is 24.2. The topological polar surface area (TPSA) is 95.8 Å². The number of nitrogens with one attached hydrogen (secondary N) is 1. The number of aromatic amines is 1. The molecule has 0 saturated carbocycles. The van der Waals surface area contributed by atoms with E-state index in [9.17, 15) is 4.79 Å². The number of aromatic nitrogens is 6. The number of para-hydroxylation sites is 1. The maximum Gasteiger partial charge on any atom is 0.244 e. The van der Waals surface area contributed by atoms with Crippen molar-refractivity contribution in [3.8, 4) is 0 Å². The summed E-state index contributed by atoms with van der Waals surface area (Å²) in [6.45, 7) is 7.31. The van der Waals surface area contributed by atoms with Gasteiger partial charge in [-0.1, -0.05) is 12.1 Å². The Morgan fingerprint density at radius 1 is 1.26 bits per heavy atom. The Balaban J connectivity index is 1.66. The quantitative estimate of drug-likeness (QED) is 0.675. The Morgan fingerprint density at radius 3 is 2.74 bits per heavy atom. The van der Waals surface area contributed by atoms with E-state index in [-0.39, 0.29) is 12.5 Å². The summed E-state index contributed by atoms with van der Waals surface area (Å²) in [5, 5.41) is 11.7. The van der Waals surface area contributed by atoms with Crippen molar-refractivity contribution in [2.24, 2.45) is 0 Å². The number of hydrogen-bond donors (Lipinski definition) is 1. The average Bonchev–Trinajstić information content (AvgIpc) is 3.22. The van der Waals surface area contributed by atoms with E-state index < -0.39 is 0 Å². The first-order chi connectivity index (χ1) is 12.8. The summed E-state index contributed by atoms with van der Waals surface area (Å²) in [6, 6.07) is 6.36. The lowest BCUT2D eigenvalue weighted by Gasteiger charge is -2.20. The highest BCUT2D eigenvalue weighted by Gasteiger charge is 2.17. The molecule has 3 rings (SSSR count). The van der Waals surface area contributed by atoms with E-state index in [1.165, 1.54) is 0 Å². The lowest BCUT2D eigenvalue weighted by Crippen LogP contribution is -2.32. The molecule has 1 aromatic carbocycles. The van der Waals surface area contributed by atoms with Gasteiger partial charge in [-0.05, 0) is 49.9 Å². The number of rotatable bonds is 7. The van der Waals surface area contributed by atoms with E-state index in [0.29, 0.717) is 25.0 Å². The number of amides is 1. The molecule has 0 spiro atoms. The minimum absolute atomic E-state index is 0.0760. The van der Waals surface area contributed by atoms with Gasteiger partial charge >= 0.3 is 0 Å². The molecule has 27 heavy (non-hydrogen) atoms. The van der Waals surface area contributed by atoms with E-state index in [0.717, 1.165) is 22.4 Å². The molecule has 0 aliphatic heterocycles. The number of aryl methyl sites for hydroxylation is 1. The molecule has 1 N–H and O–H groups in total. The average molecular weight is 370 g/mol. The summed E-state index contributed by atoms with van der Waals surface area (Å²) in [5.74, 6) is 1.35. The molecular formula is C18H26N8O. The monoisotopic (exact) mass is 370 g/mol. The third-order valence-corrected chi connectivity index (χ3v) is 4.74. The van der Waals surface area contributed by atoms with Crippen LogP contribution in [0.25, 0.3) is 11.0 Å². The van der Waals surface area contributed by atoms with Crippen molar-refractivity contribution < 1.29 is 4.79 Å². The maximum atomic E-state index is 12.6. The molecule has 0 bridgehead atoms. The van der Waals surface area contributed by atoms with Crippen molar-refractivity contribution in [2.75, 3.05) is 14.1 Å². The molecule has 2 aromatic heterocycles. The van der Waals surface area contributed by atoms with Crippen molar-refractivity contribution in [1.29, 1.82) is 0 Å². The van der Waals surface area contributed by atoms with Gasteiger partial charge in [-0.3, -0.25) is 9.69 Å². The molecule has 144 valence electrons. The van der Waals surface area contributed by atoms with E-state index in [1.807, 2.05) is 32.2 Å². The number of tetrazole rings is 1. The summed E-state index contributed by atoms with van der Waals surface area (Å²) >= 11 is 0. The van der Waals surface area contributed by atoms with Crippen molar-refractivity contribution in [3.63, 3.8) is 0 Å². The van der Waals surface area contributed by atoms with Crippen molar-refractivity contribution in [1.82, 2.24) is 40.0 Å².